The molecule has 0 aliphatic heterocycles. The van der Waals surface area contributed by atoms with Crippen LogP contribution in [-0.4, -0.2) is 39.0 Å². The van der Waals surface area contributed by atoms with E-state index in [0.717, 1.165) is 48.4 Å². The van der Waals surface area contributed by atoms with Crippen LogP contribution in [0.4, 0.5) is 0 Å². The lowest BCUT2D eigenvalue weighted by atomic mass is 10.2. The molecule has 0 fully saturated rings. The van der Waals surface area contributed by atoms with Crippen molar-refractivity contribution in [3.63, 3.8) is 0 Å². The fourth-order valence-corrected chi connectivity index (χ4v) is 3.85. The number of nitrogens with zero attached hydrogens (tertiary/aromatic N) is 4. The van der Waals surface area contributed by atoms with E-state index < -0.39 is 0 Å². The van der Waals surface area contributed by atoms with Crippen molar-refractivity contribution < 1.29 is 9.53 Å². The Morgan fingerprint density at radius 2 is 1.79 bits per heavy atom. The minimum absolute atomic E-state index is 0.114. The quantitative estimate of drug-likeness (QED) is 0.320. The van der Waals surface area contributed by atoms with Gasteiger partial charge in [0.1, 0.15) is 17.3 Å². The summed E-state index contributed by atoms with van der Waals surface area (Å²) >= 11 is 0. The molecule has 0 N–H and O–H groups in total. The van der Waals surface area contributed by atoms with Crippen molar-refractivity contribution >= 4 is 16.9 Å². The maximum atomic E-state index is 12.8. The molecule has 0 aliphatic rings. The van der Waals surface area contributed by atoms with Crippen LogP contribution < -0.4 is 4.74 Å². The second kappa shape index (κ2) is 10.8. The molecule has 0 saturated carbocycles. The molecular formula is C27H30N4O2. The van der Waals surface area contributed by atoms with Crippen molar-refractivity contribution in [2.45, 2.75) is 39.3 Å². The molecule has 6 nitrogen and oxygen atoms in total. The van der Waals surface area contributed by atoms with Gasteiger partial charge in [-0.2, -0.15) is 0 Å². The first kappa shape index (κ1) is 22.5. The average Bonchev–Trinajstić information content (AvgIpc) is 3.21. The fourth-order valence-electron chi connectivity index (χ4n) is 3.85. The maximum absolute atomic E-state index is 12.8. The lowest BCUT2D eigenvalue weighted by molar-refractivity contribution is 0.0774. The predicted octanol–water partition coefficient (Wildman–Crippen LogP) is 5.13. The van der Waals surface area contributed by atoms with Crippen molar-refractivity contribution in [1.82, 2.24) is 19.4 Å². The molecule has 0 bridgehead atoms. The van der Waals surface area contributed by atoms with Gasteiger partial charge in [-0.1, -0.05) is 37.3 Å². The minimum Gasteiger partial charge on any atom is -0.494 e. The highest BCUT2D eigenvalue weighted by Crippen LogP contribution is 2.19. The molecule has 6 heteroatoms. The van der Waals surface area contributed by atoms with Crippen LogP contribution >= 0.6 is 0 Å². The highest BCUT2D eigenvalue weighted by atomic mass is 16.5. The van der Waals surface area contributed by atoms with E-state index in [4.69, 9.17) is 9.72 Å². The number of para-hydroxylation sites is 2. The number of carbonyl (C=O) groups is 1. The molecule has 2 aromatic heterocycles. The first-order valence-electron chi connectivity index (χ1n) is 11.5. The van der Waals surface area contributed by atoms with Crippen LogP contribution in [0.1, 0.15) is 41.6 Å². The molecule has 0 atom stereocenters. The van der Waals surface area contributed by atoms with Gasteiger partial charge in [-0.15, -0.1) is 0 Å². The van der Waals surface area contributed by atoms with Crippen molar-refractivity contribution in [1.29, 1.82) is 0 Å². The summed E-state index contributed by atoms with van der Waals surface area (Å²) in [5, 5.41) is 0. The Labute approximate surface area is 194 Å². The SMILES string of the molecule is CCc1ccc(OCCCCn2c(CN(C)C(=O)c3ccccn3)nc3ccccc32)cc1. The molecule has 2 heterocycles. The van der Waals surface area contributed by atoms with E-state index in [1.165, 1.54) is 5.56 Å². The summed E-state index contributed by atoms with van der Waals surface area (Å²) in [6.45, 7) is 4.06. The molecule has 2 aromatic carbocycles. The van der Waals surface area contributed by atoms with Crippen molar-refractivity contribution in [3.05, 3.63) is 90.0 Å². The molecule has 0 radical (unpaired) electrons. The number of benzene rings is 2. The Morgan fingerprint density at radius 3 is 2.55 bits per heavy atom. The zero-order chi connectivity index (χ0) is 23.0. The van der Waals surface area contributed by atoms with Crippen LogP contribution in [0.5, 0.6) is 5.75 Å². The summed E-state index contributed by atoms with van der Waals surface area (Å²) < 4.78 is 8.12. The minimum atomic E-state index is -0.114. The van der Waals surface area contributed by atoms with Crippen LogP contribution in [-0.2, 0) is 19.5 Å². The standard InChI is InChI=1S/C27H30N4O2/c1-3-21-13-15-22(16-14-21)33-19-9-8-18-31-25-12-5-4-10-23(25)29-26(31)20-30(2)27(32)24-11-6-7-17-28-24/h4-7,10-17H,3,8-9,18-20H2,1-2H3. The normalized spacial score (nSPS) is 11.0. The monoisotopic (exact) mass is 442 g/mol. The number of aromatic nitrogens is 3. The summed E-state index contributed by atoms with van der Waals surface area (Å²) in [6, 6.07) is 21.8. The highest BCUT2D eigenvalue weighted by molar-refractivity contribution is 5.92. The van der Waals surface area contributed by atoms with Crippen molar-refractivity contribution in [3.8, 4) is 5.75 Å². The molecule has 33 heavy (non-hydrogen) atoms. The van der Waals surface area contributed by atoms with Gasteiger partial charge in [0, 0.05) is 19.8 Å². The smallest absolute Gasteiger partial charge is 0.272 e. The van der Waals surface area contributed by atoms with Crippen LogP contribution in [0.15, 0.2) is 72.9 Å². The Morgan fingerprint density at radius 1 is 1.00 bits per heavy atom. The number of unbranched alkanes of at least 4 members (excludes halogenated alkanes) is 1. The van der Waals surface area contributed by atoms with Crippen LogP contribution in [0, 0.1) is 0 Å². The second-order valence-electron chi connectivity index (χ2n) is 8.10. The Bertz CT molecular complexity index is 1190. The van der Waals surface area contributed by atoms with Crippen molar-refractivity contribution in [2.24, 2.45) is 0 Å². The first-order chi connectivity index (χ1) is 16.2. The molecule has 170 valence electrons. The maximum Gasteiger partial charge on any atom is 0.272 e. The zero-order valence-electron chi connectivity index (χ0n) is 19.3. The molecular weight excluding hydrogens is 412 g/mol. The number of aryl methyl sites for hydroxylation is 2. The Kier molecular flexibility index (Phi) is 7.35. The summed E-state index contributed by atoms with van der Waals surface area (Å²) in [6.07, 6.45) is 4.56. The van der Waals surface area contributed by atoms with Gasteiger partial charge in [-0.25, -0.2) is 4.98 Å². The van der Waals surface area contributed by atoms with E-state index in [1.807, 2.05) is 36.4 Å². The van der Waals surface area contributed by atoms with Crippen LogP contribution in [0.2, 0.25) is 0 Å². The number of carbonyl (C=O) groups excluding carboxylic acids is 1. The van der Waals surface area contributed by atoms with Gasteiger partial charge in [0.05, 0.1) is 24.2 Å². The topological polar surface area (TPSA) is 60.2 Å². The summed E-state index contributed by atoms with van der Waals surface area (Å²) in [5.74, 6) is 1.67. The number of hydrogen-bond acceptors (Lipinski definition) is 4. The van der Waals surface area contributed by atoms with E-state index in [-0.39, 0.29) is 5.91 Å². The van der Waals surface area contributed by atoms with Gasteiger partial charge in [0.25, 0.3) is 5.91 Å². The molecule has 1 amide bonds. The number of amides is 1. The molecule has 4 rings (SSSR count). The average molecular weight is 443 g/mol. The van der Waals surface area contributed by atoms with Crippen LogP contribution in [0.3, 0.4) is 0 Å². The van der Waals surface area contributed by atoms with Gasteiger partial charge in [0.2, 0.25) is 0 Å². The first-order valence-corrected chi connectivity index (χ1v) is 11.5. The number of hydrogen-bond donors (Lipinski definition) is 0. The molecule has 0 saturated heterocycles. The number of fused-ring (bicyclic) bond motifs is 1. The third-order valence-electron chi connectivity index (χ3n) is 5.72. The highest BCUT2D eigenvalue weighted by Gasteiger charge is 2.17. The number of imidazole rings is 1. The molecule has 4 aromatic rings. The predicted molar refractivity (Wildman–Crippen MR) is 130 cm³/mol. The number of rotatable bonds is 10. The van der Waals surface area contributed by atoms with E-state index in [9.17, 15) is 4.79 Å². The second-order valence-corrected chi connectivity index (χ2v) is 8.10. The Balaban J connectivity index is 1.39. The lowest BCUT2D eigenvalue weighted by Gasteiger charge is -2.17. The fraction of sp³-hybridized carbons (Fsp3) is 0.296. The molecule has 0 aliphatic carbocycles. The van der Waals surface area contributed by atoms with E-state index in [0.29, 0.717) is 18.8 Å². The molecule has 0 spiro atoms. The third kappa shape index (κ3) is 5.58. The van der Waals surface area contributed by atoms with Gasteiger partial charge >= 0.3 is 0 Å². The summed E-state index contributed by atoms with van der Waals surface area (Å²) in [7, 11) is 1.79. The van der Waals surface area contributed by atoms with Gasteiger partial charge in [-0.3, -0.25) is 9.78 Å². The largest absolute Gasteiger partial charge is 0.494 e. The van der Waals surface area contributed by atoms with Gasteiger partial charge in [0.15, 0.2) is 0 Å². The summed E-state index contributed by atoms with van der Waals surface area (Å²) in [4.78, 5) is 23.4. The van der Waals surface area contributed by atoms with E-state index >= 15 is 0 Å². The van der Waals surface area contributed by atoms with Gasteiger partial charge < -0.3 is 14.2 Å². The van der Waals surface area contributed by atoms with E-state index in [2.05, 4.69) is 34.7 Å². The zero-order valence-corrected chi connectivity index (χ0v) is 19.3. The lowest BCUT2D eigenvalue weighted by Crippen LogP contribution is -2.28. The van der Waals surface area contributed by atoms with E-state index in [1.54, 1.807) is 30.3 Å². The summed E-state index contributed by atoms with van der Waals surface area (Å²) in [5.41, 5.74) is 3.78. The number of pyridine rings is 1. The third-order valence-corrected chi connectivity index (χ3v) is 5.72. The Hall–Kier alpha value is -3.67. The number of ether oxygens (including phenoxy) is 1. The van der Waals surface area contributed by atoms with Gasteiger partial charge in [-0.05, 0) is 61.2 Å². The van der Waals surface area contributed by atoms with Crippen molar-refractivity contribution in [2.75, 3.05) is 13.7 Å². The van der Waals surface area contributed by atoms with Crippen LogP contribution in [0.25, 0.3) is 11.0 Å². The molecule has 0 unspecified atom stereocenters.